The first-order chi connectivity index (χ1) is 6.33. The van der Waals surface area contributed by atoms with E-state index in [0.29, 0.717) is 5.92 Å². The number of alkyl halides is 1. The third-order valence-electron chi connectivity index (χ3n) is 2.62. The van der Waals surface area contributed by atoms with Crippen LogP contribution in [0.1, 0.15) is 30.4 Å². The van der Waals surface area contributed by atoms with Gasteiger partial charge in [-0.1, -0.05) is 43.3 Å². The number of benzene rings is 1. The largest absolute Gasteiger partial charge is 0.122 e. The molecule has 0 saturated heterocycles. The molecule has 1 aliphatic carbocycles. The molecule has 0 heterocycles. The second-order valence-corrected chi connectivity index (χ2v) is 4.00. The molecule has 1 heteroatoms. The predicted octanol–water partition coefficient (Wildman–Crippen LogP) is 3.81. The van der Waals surface area contributed by atoms with Crippen molar-refractivity contribution in [3.63, 3.8) is 0 Å². The summed E-state index contributed by atoms with van der Waals surface area (Å²) >= 11 is 6.25. The smallest absolute Gasteiger partial charge is 0.0437 e. The monoisotopic (exact) mass is 192 g/mol. The minimum Gasteiger partial charge on any atom is -0.122 e. The van der Waals surface area contributed by atoms with Crippen LogP contribution in [-0.4, -0.2) is 5.38 Å². The van der Waals surface area contributed by atoms with Crippen molar-refractivity contribution in [3.05, 3.63) is 41.5 Å². The maximum absolute atomic E-state index is 6.25. The molecule has 2 rings (SSSR count). The lowest BCUT2D eigenvalue weighted by Gasteiger charge is -2.15. The Bertz CT molecular complexity index is 328. The number of rotatable bonds is 2. The fraction of sp³-hybridized carbons (Fsp3) is 0.333. The molecule has 2 atom stereocenters. The molecule has 0 aliphatic heterocycles. The Morgan fingerprint density at radius 2 is 2.15 bits per heavy atom. The van der Waals surface area contributed by atoms with Crippen LogP contribution in [0.3, 0.4) is 0 Å². The van der Waals surface area contributed by atoms with Crippen LogP contribution >= 0.6 is 11.6 Å². The van der Waals surface area contributed by atoms with Gasteiger partial charge >= 0.3 is 0 Å². The van der Waals surface area contributed by atoms with Gasteiger partial charge < -0.3 is 0 Å². The Morgan fingerprint density at radius 1 is 1.38 bits per heavy atom. The number of allylic oxidation sites excluding steroid dienone is 1. The molecule has 0 radical (unpaired) electrons. The van der Waals surface area contributed by atoms with Crippen LogP contribution in [0.4, 0.5) is 0 Å². The van der Waals surface area contributed by atoms with E-state index in [9.17, 15) is 0 Å². The summed E-state index contributed by atoms with van der Waals surface area (Å²) in [7, 11) is 0. The van der Waals surface area contributed by atoms with E-state index in [1.54, 1.807) is 0 Å². The number of hydrogen-bond donors (Lipinski definition) is 0. The van der Waals surface area contributed by atoms with Crippen molar-refractivity contribution >= 4 is 17.7 Å². The van der Waals surface area contributed by atoms with Crippen molar-refractivity contribution in [2.75, 3.05) is 0 Å². The molecule has 2 unspecified atom stereocenters. The highest BCUT2D eigenvalue weighted by Gasteiger charge is 2.22. The molecule has 0 aromatic heterocycles. The minimum atomic E-state index is 0.236. The Kier molecular flexibility index (Phi) is 2.41. The highest BCUT2D eigenvalue weighted by Crippen LogP contribution is 2.35. The molecule has 0 saturated carbocycles. The summed E-state index contributed by atoms with van der Waals surface area (Å²) in [5, 5.41) is 0.236. The Balaban J connectivity index is 2.33. The third-order valence-corrected chi connectivity index (χ3v) is 3.20. The summed E-state index contributed by atoms with van der Waals surface area (Å²) in [6, 6.07) is 8.47. The van der Waals surface area contributed by atoms with Crippen molar-refractivity contribution in [2.45, 2.75) is 24.6 Å². The minimum absolute atomic E-state index is 0.236. The van der Waals surface area contributed by atoms with Gasteiger partial charge in [-0.15, -0.1) is 11.6 Å². The van der Waals surface area contributed by atoms with Crippen molar-refractivity contribution in [1.82, 2.24) is 0 Å². The molecule has 1 aromatic rings. The molecule has 0 N–H and O–H groups in total. The first-order valence-electron chi connectivity index (χ1n) is 4.74. The van der Waals surface area contributed by atoms with Gasteiger partial charge in [0.1, 0.15) is 0 Å². The standard InChI is InChI=1S/C12H13Cl/c1-2-12(13)11-8-7-9-5-3-4-6-10(9)11/h3-8,11-12H,2H2,1H3. The summed E-state index contributed by atoms with van der Waals surface area (Å²) < 4.78 is 0. The van der Waals surface area contributed by atoms with E-state index in [4.69, 9.17) is 11.6 Å². The van der Waals surface area contributed by atoms with Crippen LogP contribution in [-0.2, 0) is 0 Å². The van der Waals surface area contributed by atoms with E-state index in [2.05, 4.69) is 43.3 Å². The molecule has 0 nitrogen and oxygen atoms in total. The average Bonchev–Trinajstić information content (AvgIpc) is 2.60. The maximum atomic E-state index is 6.25. The zero-order valence-corrected chi connectivity index (χ0v) is 8.46. The quantitative estimate of drug-likeness (QED) is 0.625. The Hall–Kier alpha value is -0.750. The highest BCUT2D eigenvalue weighted by molar-refractivity contribution is 6.21. The highest BCUT2D eigenvalue weighted by atomic mass is 35.5. The third kappa shape index (κ3) is 1.51. The number of fused-ring (bicyclic) bond motifs is 1. The van der Waals surface area contributed by atoms with E-state index in [0.717, 1.165) is 6.42 Å². The second kappa shape index (κ2) is 3.55. The van der Waals surface area contributed by atoms with Crippen molar-refractivity contribution in [2.24, 2.45) is 0 Å². The summed E-state index contributed by atoms with van der Waals surface area (Å²) in [5.74, 6) is 0.419. The lowest BCUT2D eigenvalue weighted by atomic mass is 9.96. The molecule has 68 valence electrons. The van der Waals surface area contributed by atoms with Gasteiger partial charge in [0.15, 0.2) is 0 Å². The van der Waals surface area contributed by atoms with E-state index in [-0.39, 0.29) is 5.38 Å². The Labute approximate surface area is 84.2 Å². The van der Waals surface area contributed by atoms with Gasteiger partial charge in [0.2, 0.25) is 0 Å². The number of halogens is 1. The first-order valence-corrected chi connectivity index (χ1v) is 5.17. The fourth-order valence-electron chi connectivity index (χ4n) is 1.85. The summed E-state index contributed by atoms with van der Waals surface area (Å²) in [4.78, 5) is 0. The van der Waals surface area contributed by atoms with Crippen molar-refractivity contribution in [3.8, 4) is 0 Å². The molecular formula is C12H13Cl. The van der Waals surface area contributed by atoms with Crippen molar-refractivity contribution in [1.29, 1.82) is 0 Å². The summed E-state index contributed by atoms with van der Waals surface area (Å²) in [6.07, 6.45) is 5.40. The summed E-state index contributed by atoms with van der Waals surface area (Å²) in [5.41, 5.74) is 2.70. The average molecular weight is 193 g/mol. The van der Waals surface area contributed by atoms with E-state index in [1.807, 2.05) is 0 Å². The zero-order valence-electron chi connectivity index (χ0n) is 7.70. The molecule has 0 amide bonds. The normalized spacial score (nSPS) is 21.5. The SMILES string of the molecule is CCC(Cl)C1C=Cc2ccccc21. The fourth-order valence-corrected chi connectivity index (χ4v) is 2.07. The lowest BCUT2D eigenvalue weighted by molar-refractivity contribution is 0.736. The van der Waals surface area contributed by atoms with Crippen molar-refractivity contribution < 1.29 is 0 Å². The van der Waals surface area contributed by atoms with Gasteiger partial charge in [-0.25, -0.2) is 0 Å². The van der Waals surface area contributed by atoms with Gasteiger partial charge in [0.05, 0.1) is 0 Å². The van der Waals surface area contributed by atoms with Crippen LogP contribution in [0.2, 0.25) is 0 Å². The van der Waals surface area contributed by atoms with E-state index in [1.165, 1.54) is 11.1 Å². The molecule has 0 bridgehead atoms. The van der Waals surface area contributed by atoms with Gasteiger partial charge in [-0.05, 0) is 17.5 Å². The predicted molar refractivity (Wildman–Crippen MR) is 58.1 cm³/mol. The van der Waals surface area contributed by atoms with Gasteiger partial charge in [-0.2, -0.15) is 0 Å². The topological polar surface area (TPSA) is 0 Å². The zero-order chi connectivity index (χ0) is 9.26. The van der Waals surface area contributed by atoms with Crippen LogP contribution in [0.15, 0.2) is 30.3 Å². The lowest BCUT2D eigenvalue weighted by Crippen LogP contribution is -2.07. The Morgan fingerprint density at radius 3 is 2.92 bits per heavy atom. The molecule has 1 aliphatic rings. The van der Waals surface area contributed by atoms with Crippen LogP contribution in [0.5, 0.6) is 0 Å². The number of hydrogen-bond acceptors (Lipinski definition) is 0. The molecule has 0 fully saturated rings. The molecule has 0 spiro atoms. The van der Waals surface area contributed by atoms with Gasteiger partial charge in [-0.3, -0.25) is 0 Å². The maximum Gasteiger partial charge on any atom is 0.0437 e. The van der Waals surface area contributed by atoms with Gasteiger partial charge in [0.25, 0.3) is 0 Å². The van der Waals surface area contributed by atoms with E-state index >= 15 is 0 Å². The van der Waals surface area contributed by atoms with Crippen LogP contribution in [0, 0.1) is 0 Å². The summed E-state index contributed by atoms with van der Waals surface area (Å²) in [6.45, 7) is 2.13. The van der Waals surface area contributed by atoms with Crippen LogP contribution in [0.25, 0.3) is 6.08 Å². The second-order valence-electron chi connectivity index (χ2n) is 3.44. The van der Waals surface area contributed by atoms with Crippen LogP contribution < -0.4 is 0 Å². The molecule has 13 heavy (non-hydrogen) atoms. The molecular weight excluding hydrogens is 180 g/mol. The molecule has 1 aromatic carbocycles. The van der Waals surface area contributed by atoms with E-state index < -0.39 is 0 Å². The first kappa shape index (κ1) is 8.83. The van der Waals surface area contributed by atoms with Gasteiger partial charge in [0, 0.05) is 11.3 Å².